The fourth-order valence-electron chi connectivity index (χ4n) is 3.18. The number of carbonyl (C=O) groups excluding carboxylic acids is 1. The van der Waals surface area contributed by atoms with Gasteiger partial charge in [0.2, 0.25) is 5.91 Å². The van der Waals surface area contributed by atoms with E-state index in [1.165, 1.54) is 5.56 Å². The Morgan fingerprint density at radius 2 is 1.71 bits per heavy atom. The van der Waals surface area contributed by atoms with Crippen molar-refractivity contribution in [2.75, 3.05) is 39.8 Å². The van der Waals surface area contributed by atoms with Gasteiger partial charge in [0, 0.05) is 37.6 Å². The molecule has 2 N–H and O–H groups in total. The highest BCUT2D eigenvalue weighted by Crippen LogP contribution is 2.50. The number of hydrogen-bond acceptors (Lipinski definition) is 4. The van der Waals surface area contributed by atoms with Crippen LogP contribution in [-0.2, 0) is 9.59 Å². The molecule has 1 heterocycles. The maximum Gasteiger partial charge on any atom is 0.490 e. The summed E-state index contributed by atoms with van der Waals surface area (Å²) < 4.78 is 31.7. The number of aliphatic carboxylic acids is 1. The van der Waals surface area contributed by atoms with Crippen LogP contribution in [0.15, 0.2) is 30.3 Å². The smallest absolute Gasteiger partial charge is 0.475 e. The van der Waals surface area contributed by atoms with Gasteiger partial charge in [-0.15, -0.1) is 0 Å². The van der Waals surface area contributed by atoms with Gasteiger partial charge in [-0.25, -0.2) is 4.79 Å². The van der Waals surface area contributed by atoms with Crippen LogP contribution in [0.3, 0.4) is 0 Å². The highest BCUT2D eigenvalue weighted by molar-refractivity contribution is 5.78. The maximum absolute atomic E-state index is 12.3. The lowest BCUT2D eigenvalue weighted by Crippen LogP contribution is -2.50. The summed E-state index contributed by atoms with van der Waals surface area (Å²) in [6.45, 7) is 6.36. The van der Waals surface area contributed by atoms with Gasteiger partial charge < -0.3 is 20.2 Å². The van der Waals surface area contributed by atoms with Gasteiger partial charge in [-0.05, 0) is 26.0 Å². The van der Waals surface area contributed by atoms with Crippen LogP contribution < -0.4 is 5.32 Å². The van der Waals surface area contributed by atoms with Crippen molar-refractivity contribution in [2.24, 2.45) is 0 Å². The zero-order chi connectivity index (χ0) is 20.9. The number of nitrogens with zero attached hydrogens (tertiary/aromatic N) is 2. The number of likely N-dealkylation sites (N-methyl/N-ethyl adjacent to an activating group) is 1. The number of hydrogen-bond donors (Lipinski definition) is 2. The lowest BCUT2D eigenvalue weighted by molar-refractivity contribution is -0.192. The minimum absolute atomic E-state index is 0.0869. The van der Waals surface area contributed by atoms with E-state index in [0.717, 1.165) is 32.6 Å². The van der Waals surface area contributed by atoms with E-state index in [2.05, 4.69) is 48.5 Å². The fraction of sp³-hybridized carbons (Fsp3) is 0.579. The van der Waals surface area contributed by atoms with E-state index in [4.69, 9.17) is 9.90 Å². The molecule has 0 unspecified atom stereocenters. The summed E-state index contributed by atoms with van der Waals surface area (Å²) in [5, 5.41) is 10.6. The molecule has 1 aliphatic carbocycles. The lowest BCUT2D eigenvalue weighted by Gasteiger charge is -2.32. The highest BCUT2D eigenvalue weighted by atomic mass is 19.4. The molecule has 0 bridgehead atoms. The first kappa shape index (κ1) is 22.2. The molecule has 1 saturated heterocycles. The van der Waals surface area contributed by atoms with E-state index >= 15 is 0 Å². The fourth-order valence-corrected chi connectivity index (χ4v) is 3.18. The van der Waals surface area contributed by atoms with Crippen LogP contribution in [0.5, 0.6) is 0 Å². The Morgan fingerprint density at radius 1 is 1.18 bits per heavy atom. The quantitative estimate of drug-likeness (QED) is 0.807. The Labute approximate surface area is 162 Å². The third-order valence-corrected chi connectivity index (χ3v) is 5.18. The Hall–Kier alpha value is -2.13. The molecule has 9 heteroatoms. The zero-order valence-corrected chi connectivity index (χ0v) is 16.0. The normalized spacial score (nSPS) is 24.9. The molecule has 156 valence electrons. The van der Waals surface area contributed by atoms with E-state index < -0.39 is 12.1 Å². The Bertz CT molecular complexity index is 676. The number of carboxylic acid groups (broad SMARTS) is 1. The van der Waals surface area contributed by atoms with Gasteiger partial charge in [0.1, 0.15) is 0 Å². The van der Waals surface area contributed by atoms with E-state index in [9.17, 15) is 18.0 Å². The number of halogens is 3. The molecule has 6 nitrogen and oxygen atoms in total. The Morgan fingerprint density at radius 3 is 2.21 bits per heavy atom. The number of nitrogens with one attached hydrogen (secondary N) is 1. The third kappa shape index (κ3) is 6.20. The molecule has 1 saturated carbocycles. The van der Waals surface area contributed by atoms with Crippen LogP contribution in [0.4, 0.5) is 13.2 Å². The predicted octanol–water partition coefficient (Wildman–Crippen LogP) is 1.93. The number of piperazine rings is 1. The van der Waals surface area contributed by atoms with Gasteiger partial charge in [0.25, 0.3) is 0 Å². The second-order valence-electron chi connectivity index (χ2n) is 7.43. The second kappa shape index (κ2) is 8.91. The van der Waals surface area contributed by atoms with E-state index in [0.29, 0.717) is 12.5 Å². The number of benzene rings is 1. The minimum Gasteiger partial charge on any atom is -0.475 e. The van der Waals surface area contributed by atoms with E-state index in [1.807, 2.05) is 11.0 Å². The molecular formula is C19H26F3N3O3. The number of carboxylic acids is 1. The molecule has 2 fully saturated rings. The molecule has 1 aliphatic heterocycles. The van der Waals surface area contributed by atoms with Crippen LogP contribution in [0.1, 0.15) is 24.8 Å². The monoisotopic (exact) mass is 401 g/mol. The lowest BCUT2D eigenvalue weighted by atomic mass is 10.1. The standard InChI is InChI=1S/C17H25N3O.C2HF3O2/c1-17(12-15(17)14-6-4-3-5-7-14)18-13-16(21)20-10-8-19(2)9-11-20;3-2(4,5)1(6)7/h3-7,15,18H,8-13H2,1-2H3;(H,6,7)/t15-,17-;/m1./s1. The molecule has 0 spiro atoms. The Kier molecular flexibility index (Phi) is 7.06. The van der Waals surface area contributed by atoms with Crippen molar-refractivity contribution in [3.05, 3.63) is 35.9 Å². The summed E-state index contributed by atoms with van der Waals surface area (Å²) in [4.78, 5) is 25.4. The topological polar surface area (TPSA) is 72.9 Å². The van der Waals surface area contributed by atoms with Crippen molar-refractivity contribution in [3.8, 4) is 0 Å². The summed E-state index contributed by atoms with van der Waals surface area (Å²) in [7, 11) is 2.11. The summed E-state index contributed by atoms with van der Waals surface area (Å²) in [5.74, 6) is -1.98. The molecule has 1 aromatic rings. The molecule has 3 rings (SSSR count). The van der Waals surface area contributed by atoms with Crippen molar-refractivity contribution < 1.29 is 27.9 Å². The molecule has 28 heavy (non-hydrogen) atoms. The SMILES string of the molecule is CN1CCN(C(=O)CN[C@]2(C)C[C@@H]2c2ccccc2)CC1.O=C(O)C(F)(F)F. The zero-order valence-electron chi connectivity index (χ0n) is 16.0. The number of alkyl halides is 3. The number of amides is 1. The first-order valence-corrected chi connectivity index (χ1v) is 9.09. The molecule has 2 atom stereocenters. The summed E-state index contributed by atoms with van der Waals surface area (Å²) in [5.41, 5.74) is 1.46. The molecule has 1 aromatic carbocycles. The summed E-state index contributed by atoms with van der Waals surface area (Å²) in [6.07, 6.45) is -3.97. The van der Waals surface area contributed by atoms with Crippen molar-refractivity contribution in [1.29, 1.82) is 0 Å². The average molecular weight is 401 g/mol. The van der Waals surface area contributed by atoms with E-state index in [-0.39, 0.29) is 11.4 Å². The molecular weight excluding hydrogens is 375 g/mol. The van der Waals surface area contributed by atoms with Crippen LogP contribution in [0.2, 0.25) is 0 Å². The van der Waals surface area contributed by atoms with Crippen molar-refractivity contribution in [1.82, 2.24) is 15.1 Å². The van der Waals surface area contributed by atoms with E-state index in [1.54, 1.807) is 0 Å². The second-order valence-corrected chi connectivity index (χ2v) is 7.43. The number of rotatable bonds is 4. The molecule has 0 aromatic heterocycles. The first-order chi connectivity index (χ1) is 13.0. The van der Waals surface area contributed by atoms with Crippen LogP contribution in [0, 0.1) is 0 Å². The third-order valence-electron chi connectivity index (χ3n) is 5.18. The van der Waals surface area contributed by atoms with Gasteiger partial charge in [-0.2, -0.15) is 13.2 Å². The highest BCUT2D eigenvalue weighted by Gasteiger charge is 2.50. The van der Waals surface area contributed by atoms with Crippen LogP contribution >= 0.6 is 0 Å². The van der Waals surface area contributed by atoms with Gasteiger partial charge in [-0.3, -0.25) is 4.79 Å². The van der Waals surface area contributed by atoms with Crippen LogP contribution in [0.25, 0.3) is 0 Å². The van der Waals surface area contributed by atoms with Crippen molar-refractivity contribution >= 4 is 11.9 Å². The largest absolute Gasteiger partial charge is 0.490 e. The average Bonchev–Trinajstić information content (AvgIpc) is 3.33. The molecule has 2 aliphatic rings. The van der Waals surface area contributed by atoms with Gasteiger partial charge in [0.05, 0.1) is 6.54 Å². The number of carbonyl (C=O) groups is 2. The molecule has 1 amide bonds. The summed E-state index contributed by atoms with van der Waals surface area (Å²) in [6, 6.07) is 10.6. The Balaban J connectivity index is 0.000000345. The van der Waals surface area contributed by atoms with Crippen LogP contribution in [-0.4, -0.2) is 78.3 Å². The van der Waals surface area contributed by atoms with Gasteiger partial charge >= 0.3 is 12.1 Å². The van der Waals surface area contributed by atoms with Gasteiger partial charge in [0.15, 0.2) is 0 Å². The van der Waals surface area contributed by atoms with Crippen molar-refractivity contribution in [2.45, 2.75) is 31.0 Å². The summed E-state index contributed by atoms with van der Waals surface area (Å²) >= 11 is 0. The minimum atomic E-state index is -5.08. The molecule has 0 radical (unpaired) electrons. The maximum atomic E-state index is 12.3. The van der Waals surface area contributed by atoms with Gasteiger partial charge in [-0.1, -0.05) is 30.3 Å². The predicted molar refractivity (Wildman–Crippen MR) is 98.0 cm³/mol. The van der Waals surface area contributed by atoms with Crippen molar-refractivity contribution in [3.63, 3.8) is 0 Å². The first-order valence-electron chi connectivity index (χ1n) is 9.09.